The van der Waals surface area contributed by atoms with E-state index < -0.39 is 0 Å². The second-order valence-corrected chi connectivity index (χ2v) is 7.85. The van der Waals surface area contributed by atoms with Gasteiger partial charge in [-0.2, -0.15) is 0 Å². The fourth-order valence-electron chi connectivity index (χ4n) is 2.59. The Morgan fingerprint density at radius 3 is 2.11 bits per heavy atom. The van der Waals surface area contributed by atoms with Crippen LogP contribution in [0.2, 0.25) is 0 Å². The van der Waals surface area contributed by atoms with Gasteiger partial charge in [-0.3, -0.25) is 4.79 Å². The molecule has 0 aromatic rings. The predicted octanol–water partition coefficient (Wildman–Crippen LogP) is 3.18. The van der Waals surface area contributed by atoms with Crippen LogP contribution in [0.1, 0.15) is 60.8 Å². The van der Waals surface area contributed by atoms with Crippen LogP contribution in [-0.2, 0) is 9.53 Å². The lowest BCUT2D eigenvalue weighted by Crippen LogP contribution is -2.51. The fourth-order valence-corrected chi connectivity index (χ4v) is 2.59. The van der Waals surface area contributed by atoms with E-state index >= 15 is 0 Å². The normalized spacial score (nSPS) is 20.3. The molecule has 0 aromatic carbocycles. The molecule has 1 aliphatic heterocycles. The molecule has 3 nitrogen and oxygen atoms in total. The SMILES string of the molecule is CC(C)(C)N[C@@H](CC1CCOCC1)C(=O)C(C)(C)C. The van der Waals surface area contributed by atoms with Crippen molar-refractivity contribution in [2.45, 2.75) is 72.4 Å². The molecule has 0 aliphatic carbocycles. The van der Waals surface area contributed by atoms with Gasteiger partial charge in [-0.1, -0.05) is 20.8 Å². The first-order valence-corrected chi connectivity index (χ1v) is 7.49. The lowest BCUT2D eigenvalue weighted by atomic mass is 9.81. The van der Waals surface area contributed by atoms with Crippen molar-refractivity contribution >= 4 is 5.78 Å². The minimum atomic E-state index is -0.284. The van der Waals surface area contributed by atoms with Crippen molar-refractivity contribution in [1.29, 1.82) is 0 Å². The Morgan fingerprint density at radius 2 is 1.68 bits per heavy atom. The van der Waals surface area contributed by atoms with Gasteiger partial charge in [-0.15, -0.1) is 0 Å². The Labute approximate surface area is 118 Å². The average Bonchev–Trinajstić information content (AvgIpc) is 2.25. The smallest absolute Gasteiger partial charge is 0.155 e. The zero-order chi connectivity index (χ0) is 14.7. The van der Waals surface area contributed by atoms with Gasteiger partial charge in [-0.25, -0.2) is 0 Å². The van der Waals surface area contributed by atoms with E-state index in [2.05, 4.69) is 26.1 Å². The van der Waals surface area contributed by atoms with Gasteiger partial charge in [0.25, 0.3) is 0 Å². The molecule has 112 valence electrons. The number of hydrogen-bond donors (Lipinski definition) is 1. The van der Waals surface area contributed by atoms with Gasteiger partial charge in [0.05, 0.1) is 6.04 Å². The summed E-state index contributed by atoms with van der Waals surface area (Å²) in [6.45, 7) is 14.1. The van der Waals surface area contributed by atoms with E-state index in [4.69, 9.17) is 4.74 Å². The zero-order valence-corrected chi connectivity index (χ0v) is 13.5. The van der Waals surface area contributed by atoms with Crippen molar-refractivity contribution in [2.24, 2.45) is 11.3 Å². The Balaban J connectivity index is 2.71. The number of hydrogen-bond acceptors (Lipinski definition) is 3. The van der Waals surface area contributed by atoms with E-state index in [1.807, 2.05) is 20.8 Å². The van der Waals surface area contributed by atoms with E-state index in [0.717, 1.165) is 32.5 Å². The second kappa shape index (κ2) is 6.36. The summed E-state index contributed by atoms with van der Waals surface area (Å²) in [5, 5.41) is 3.52. The number of nitrogens with one attached hydrogen (secondary N) is 1. The highest BCUT2D eigenvalue weighted by Crippen LogP contribution is 2.26. The highest BCUT2D eigenvalue weighted by Gasteiger charge is 2.33. The van der Waals surface area contributed by atoms with Crippen LogP contribution >= 0.6 is 0 Å². The summed E-state index contributed by atoms with van der Waals surface area (Å²) in [5.41, 5.74) is -0.315. The van der Waals surface area contributed by atoms with Crippen molar-refractivity contribution in [3.05, 3.63) is 0 Å². The molecule has 1 saturated heterocycles. The molecule has 0 radical (unpaired) electrons. The monoisotopic (exact) mass is 269 g/mol. The van der Waals surface area contributed by atoms with Crippen LogP contribution in [0.4, 0.5) is 0 Å². The second-order valence-electron chi connectivity index (χ2n) is 7.85. The maximum Gasteiger partial charge on any atom is 0.155 e. The summed E-state index contributed by atoms with van der Waals surface area (Å²) in [7, 11) is 0. The standard InChI is InChI=1S/C16H31NO2/c1-15(2,3)14(18)13(17-16(4,5)6)11-12-7-9-19-10-8-12/h12-13,17H,7-11H2,1-6H3/t13-/m0/s1. The average molecular weight is 269 g/mol. The summed E-state index contributed by atoms with van der Waals surface area (Å²) >= 11 is 0. The van der Waals surface area contributed by atoms with Crippen LogP contribution < -0.4 is 5.32 Å². The summed E-state index contributed by atoms with van der Waals surface area (Å²) in [5.74, 6) is 0.939. The van der Waals surface area contributed by atoms with Crippen LogP contribution in [0.25, 0.3) is 0 Å². The first-order valence-electron chi connectivity index (χ1n) is 7.49. The highest BCUT2D eigenvalue weighted by atomic mass is 16.5. The van der Waals surface area contributed by atoms with E-state index in [-0.39, 0.29) is 17.0 Å². The van der Waals surface area contributed by atoms with Crippen LogP contribution in [-0.4, -0.2) is 30.6 Å². The van der Waals surface area contributed by atoms with Crippen molar-refractivity contribution in [3.8, 4) is 0 Å². The number of Topliss-reactive ketones (excluding diaryl/α,β-unsaturated/α-hetero) is 1. The van der Waals surface area contributed by atoms with Crippen LogP contribution in [0.5, 0.6) is 0 Å². The van der Waals surface area contributed by atoms with E-state index in [1.54, 1.807) is 0 Å². The Bertz CT molecular complexity index is 293. The molecular weight excluding hydrogens is 238 g/mol. The van der Waals surface area contributed by atoms with Gasteiger partial charge in [0.15, 0.2) is 5.78 Å². The topological polar surface area (TPSA) is 38.3 Å². The molecule has 0 aromatic heterocycles. The van der Waals surface area contributed by atoms with Crippen LogP contribution in [0.3, 0.4) is 0 Å². The predicted molar refractivity (Wildman–Crippen MR) is 79.3 cm³/mol. The van der Waals surface area contributed by atoms with Crippen LogP contribution in [0.15, 0.2) is 0 Å². The molecule has 0 unspecified atom stereocenters. The first kappa shape index (κ1) is 16.6. The highest BCUT2D eigenvalue weighted by molar-refractivity contribution is 5.88. The van der Waals surface area contributed by atoms with Gasteiger partial charge in [-0.05, 0) is 46.0 Å². The summed E-state index contributed by atoms with van der Waals surface area (Å²) < 4.78 is 5.40. The van der Waals surface area contributed by atoms with E-state index in [1.165, 1.54) is 0 Å². The molecule has 0 spiro atoms. The molecule has 1 heterocycles. The molecular formula is C16H31NO2. The molecule has 1 fully saturated rings. The van der Waals surface area contributed by atoms with E-state index in [9.17, 15) is 4.79 Å². The molecule has 19 heavy (non-hydrogen) atoms. The third-order valence-electron chi connectivity index (χ3n) is 3.57. The molecule has 0 saturated carbocycles. The summed E-state index contributed by atoms with van der Waals surface area (Å²) in [6.07, 6.45) is 3.11. The maximum absolute atomic E-state index is 12.6. The third kappa shape index (κ3) is 6.05. The summed E-state index contributed by atoms with van der Waals surface area (Å²) in [6, 6.07) is -0.0388. The number of ether oxygens (including phenoxy) is 1. The number of rotatable bonds is 4. The Morgan fingerprint density at radius 1 is 1.16 bits per heavy atom. The van der Waals surface area contributed by atoms with Crippen molar-refractivity contribution in [3.63, 3.8) is 0 Å². The molecule has 1 aliphatic rings. The Kier molecular flexibility index (Phi) is 5.57. The molecule has 1 N–H and O–H groups in total. The first-order chi connectivity index (χ1) is 8.59. The van der Waals surface area contributed by atoms with Crippen molar-refractivity contribution in [1.82, 2.24) is 5.32 Å². The number of ketones is 1. The lowest BCUT2D eigenvalue weighted by molar-refractivity contribution is -0.129. The van der Waals surface area contributed by atoms with Gasteiger partial charge < -0.3 is 10.1 Å². The minimum absolute atomic E-state index is 0.0310. The van der Waals surface area contributed by atoms with Gasteiger partial charge in [0.2, 0.25) is 0 Å². The van der Waals surface area contributed by atoms with E-state index in [0.29, 0.717) is 11.7 Å². The largest absolute Gasteiger partial charge is 0.381 e. The molecule has 1 atom stereocenters. The van der Waals surface area contributed by atoms with Crippen LogP contribution in [0, 0.1) is 11.3 Å². The third-order valence-corrected chi connectivity index (χ3v) is 3.57. The van der Waals surface area contributed by atoms with Crippen molar-refractivity contribution < 1.29 is 9.53 Å². The number of carbonyl (C=O) groups excluding carboxylic acids is 1. The van der Waals surface area contributed by atoms with Gasteiger partial charge in [0.1, 0.15) is 0 Å². The fraction of sp³-hybridized carbons (Fsp3) is 0.938. The molecule has 0 amide bonds. The molecule has 3 heteroatoms. The zero-order valence-electron chi connectivity index (χ0n) is 13.5. The van der Waals surface area contributed by atoms with Gasteiger partial charge in [0, 0.05) is 24.2 Å². The summed E-state index contributed by atoms with van der Waals surface area (Å²) in [4.78, 5) is 12.6. The Hall–Kier alpha value is -0.410. The molecule has 1 rings (SSSR count). The minimum Gasteiger partial charge on any atom is -0.381 e. The van der Waals surface area contributed by atoms with Crippen molar-refractivity contribution in [2.75, 3.05) is 13.2 Å². The lowest BCUT2D eigenvalue weighted by Gasteiger charge is -2.34. The molecule has 0 bridgehead atoms. The maximum atomic E-state index is 12.6. The quantitative estimate of drug-likeness (QED) is 0.852. The number of carbonyl (C=O) groups is 1. The van der Waals surface area contributed by atoms with Gasteiger partial charge >= 0.3 is 0 Å².